The standard InChI is InChI=1S/C14H16ClN3O2/c1-9(13-16-6-7-17-13)18-14(19)10(2)20-12-5-3-4-11(15)8-12/h3-10H,1-2H3,(H,16,17)(H,18,19). The number of aromatic amines is 1. The molecular weight excluding hydrogens is 278 g/mol. The van der Waals surface area contributed by atoms with Gasteiger partial charge in [-0.25, -0.2) is 4.98 Å². The molecule has 0 saturated heterocycles. The number of carbonyl (C=O) groups is 1. The molecule has 20 heavy (non-hydrogen) atoms. The first-order valence-corrected chi connectivity index (χ1v) is 6.66. The van der Waals surface area contributed by atoms with Crippen LogP contribution in [0.1, 0.15) is 25.7 Å². The molecule has 2 rings (SSSR count). The molecule has 0 saturated carbocycles. The van der Waals surface area contributed by atoms with Gasteiger partial charge in [-0.1, -0.05) is 17.7 Å². The summed E-state index contributed by atoms with van der Waals surface area (Å²) < 4.78 is 5.55. The van der Waals surface area contributed by atoms with Crippen LogP contribution in [0.15, 0.2) is 36.7 Å². The van der Waals surface area contributed by atoms with Crippen molar-refractivity contribution in [1.82, 2.24) is 15.3 Å². The summed E-state index contributed by atoms with van der Waals surface area (Å²) in [6.45, 7) is 3.54. The first kappa shape index (κ1) is 14.4. The molecule has 2 unspecified atom stereocenters. The van der Waals surface area contributed by atoms with Crippen molar-refractivity contribution in [2.24, 2.45) is 0 Å². The fourth-order valence-electron chi connectivity index (χ4n) is 1.71. The molecule has 2 atom stereocenters. The number of H-pyrrole nitrogens is 1. The highest BCUT2D eigenvalue weighted by Gasteiger charge is 2.18. The maximum absolute atomic E-state index is 12.0. The quantitative estimate of drug-likeness (QED) is 0.891. The van der Waals surface area contributed by atoms with Gasteiger partial charge in [0, 0.05) is 17.4 Å². The van der Waals surface area contributed by atoms with Crippen molar-refractivity contribution in [1.29, 1.82) is 0 Å². The van der Waals surface area contributed by atoms with E-state index in [1.165, 1.54) is 0 Å². The lowest BCUT2D eigenvalue weighted by atomic mass is 10.2. The lowest BCUT2D eigenvalue weighted by molar-refractivity contribution is -0.128. The predicted molar refractivity (Wildman–Crippen MR) is 76.7 cm³/mol. The van der Waals surface area contributed by atoms with Gasteiger partial charge in [0.05, 0.1) is 6.04 Å². The minimum absolute atomic E-state index is 0.206. The van der Waals surface area contributed by atoms with Crippen molar-refractivity contribution in [3.63, 3.8) is 0 Å². The van der Waals surface area contributed by atoms with E-state index in [0.717, 1.165) is 0 Å². The zero-order chi connectivity index (χ0) is 14.5. The van der Waals surface area contributed by atoms with Gasteiger partial charge in [0.15, 0.2) is 6.10 Å². The van der Waals surface area contributed by atoms with Crippen molar-refractivity contribution < 1.29 is 9.53 Å². The van der Waals surface area contributed by atoms with Crippen LogP contribution in [0.3, 0.4) is 0 Å². The van der Waals surface area contributed by atoms with Crippen LogP contribution >= 0.6 is 11.6 Å². The Bertz CT molecular complexity index is 572. The molecule has 5 nitrogen and oxygen atoms in total. The SMILES string of the molecule is CC(Oc1cccc(Cl)c1)C(=O)NC(C)c1ncc[nH]1. The number of imidazole rings is 1. The van der Waals surface area contributed by atoms with Crippen molar-refractivity contribution in [2.75, 3.05) is 0 Å². The Morgan fingerprint density at radius 2 is 2.25 bits per heavy atom. The van der Waals surface area contributed by atoms with Gasteiger partial charge >= 0.3 is 0 Å². The van der Waals surface area contributed by atoms with Crippen LogP contribution in [-0.2, 0) is 4.79 Å². The highest BCUT2D eigenvalue weighted by Crippen LogP contribution is 2.18. The average molecular weight is 294 g/mol. The summed E-state index contributed by atoms with van der Waals surface area (Å²) in [5.41, 5.74) is 0. The van der Waals surface area contributed by atoms with Crippen molar-refractivity contribution in [3.05, 3.63) is 47.5 Å². The Morgan fingerprint density at radius 1 is 1.45 bits per heavy atom. The summed E-state index contributed by atoms with van der Waals surface area (Å²) in [7, 11) is 0. The second-order valence-corrected chi connectivity index (χ2v) is 4.86. The highest BCUT2D eigenvalue weighted by atomic mass is 35.5. The minimum Gasteiger partial charge on any atom is -0.481 e. The molecule has 106 valence electrons. The minimum atomic E-state index is -0.620. The van der Waals surface area contributed by atoms with E-state index in [2.05, 4.69) is 15.3 Å². The normalized spacial score (nSPS) is 13.6. The van der Waals surface area contributed by atoms with Crippen LogP contribution in [0.5, 0.6) is 5.75 Å². The molecule has 0 radical (unpaired) electrons. The van der Waals surface area contributed by atoms with E-state index in [4.69, 9.17) is 16.3 Å². The van der Waals surface area contributed by atoms with Gasteiger partial charge in [0.1, 0.15) is 11.6 Å². The molecule has 6 heteroatoms. The Morgan fingerprint density at radius 3 is 2.90 bits per heavy atom. The van der Waals surface area contributed by atoms with Crippen LogP contribution in [0.2, 0.25) is 5.02 Å². The molecule has 1 heterocycles. The molecule has 0 aliphatic rings. The molecular formula is C14H16ClN3O2. The molecule has 0 aliphatic carbocycles. The number of halogens is 1. The number of aromatic nitrogens is 2. The molecule has 0 aliphatic heterocycles. The predicted octanol–water partition coefficient (Wildman–Crippen LogP) is 2.71. The Balaban J connectivity index is 1.92. The zero-order valence-electron chi connectivity index (χ0n) is 11.3. The third kappa shape index (κ3) is 3.74. The fourth-order valence-corrected chi connectivity index (χ4v) is 1.89. The van der Waals surface area contributed by atoms with Crippen molar-refractivity contribution >= 4 is 17.5 Å². The number of nitrogens with zero attached hydrogens (tertiary/aromatic N) is 1. The molecule has 0 bridgehead atoms. The second kappa shape index (κ2) is 6.43. The summed E-state index contributed by atoms with van der Waals surface area (Å²) in [6, 6.07) is 6.74. The first-order valence-electron chi connectivity index (χ1n) is 6.28. The van der Waals surface area contributed by atoms with Crippen LogP contribution in [0.25, 0.3) is 0 Å². The Labute approximate surface area is 122 Å². The van der Waals surface area contributed by atoms with Crippen LogP contribution in [0, 0.1) is 0 Å². The number of ether oxygens (including phenoxy) is 1. The summed E-state index contributed by atoms with van der Waals surface area (Å²) in [6.07, 6.45) is 2.74. The summed E-state index contributed by atoms with van der Waals surface area (Å²) in [4.78, 5) is 19.1. The van der Waals surface area contributed by atoms with Gasteiger partial charge in [-0.2, -0.15) is 0 Å². The van der Waals surface area contributed by atoms with Crippen LogP contribution in [0.4, 0.5) is 0 Å². The van der Waals surface area contributed by atoms with Gasteiger partial charge in [-0.05, 0) is 32.0 Å². The lowest BCUT2D eigenvalue weighted by Gasteiger charge is -2.17. The molecule has 1 aromatic heterocycles. The van der Waals surface area contributed by atoms with E-state index in [-0.39, 0.29) is 11.9 Å². The van der Waals surface area contributed by atoms with E-state index in [1.54, 1.807) is 43.6 Å². The summed E-state index contributed by atoms with van der Waals surface area (Å²) in [5, 5.41) is 3.39. The van der Waals surface area contributed by atoms with Gasteiger partial charge in [-0.15, -0.1) is 0 Å². The number of carbonyl (C=O) groups excluding carboxylic acids is 1. The van der Waals surface area contributed by atoms with Crippen molar-refractivity contribution in [2.45, 2.75) is 26.0 Å². The van der Waals surface area contributed by atoms with Gasteiger partial charge < -0.3 is 15.0 Å². The van der Waals surface area contributed by atoms with E-state index < -0.39 is 6.10 Å². The third-order valence-electron chi connectivity index (χ3n) is 2.77. The summed E-state index contributed by atoms with van der Waals surface area (Å²) >= 11 is 5.87. The Kier molecular flexibility index (Phi) is 4.63. The number of hydrogen-bond donors (Lipinski definition) is 2. The molecule has 1 amide bonds. The average Bonchev–Trinajstić information content (AvgIpc) is 2.92. The van der Waals surface area contributed by atoms with Crippen LogP contribution < -0.4 is 10.1 Å². The van der Waals surface area contributed by atoms with E-state index >= 15 is 0 Å². The van der Waals surface area contributed by atoms with E-state index in [9.17, 15) is 4.79 Å². The number of benzene rings is 1. The largest absolute Gasteiger partial charge is 0.481 e. The van der Waals surface area contributed by atoms with Crippen molar-refractivity contribution in [3.8, 4) is 5.75 Å². The zero-order valence-corrected chi connectivity index (χ0v) is 12.0. The molecule has 0 spiro atoms. The highest BCUT2D eigenvalue weighted by molar-refractivity contribution is 6.30. The van der Waals surface area contributed by atoms with Gasteiger partial charge in [-0.3, -0.25) is 4.79 Å². The molecule has 2 aromatic rings. The summed E-state index contributed by atoms with van der Waals surface area (Å²) in [5.74, 6) is 1.05. The smallest absolute Gasteiger partial charge is 0.261 e. The van der Waals surface area contributed by atoms with E-state index in [0.29, 0.717) is 16.6 Å². The Hall–Kier alpha value is -2.01. The number of amides is 1. The monoisotopic (exact) mass is 293 g/mol. The second-order valence-electron chi connectivity index (χ2n) is 4.42. The maximum Gasteiger partial charge on any atom is 0.261 e. The van der Waals surface area contributed by atoms with Crippen LogP contribution in [-0.4, -0.2) is 22.0 Å². The number of nitrogens with one attached hydrogen (secondary N) is 2. The number of hydrogen-bond acceptors (Lipinski definition) is 3. The topological polar surface area (TPSA) is 67.0 Å². The molecule has 2 N–H and O–H groups in total. The van der Waals surface area contributed by atoms with Gasteiger partial charge in [0.2, 0.25) is 0 Å². The number of rotatable bonds is 5. The molecule has 1 aromatic carbocycles. The first-order chi connectivity index (χ1) is 9.56. The maximum atomic E-state index is 12.0. The van der Waals surface area contributed by atoms with E-state index in [1.807, 2.05) is 6.92 Å². The third-order valence-corrected chi connectivity index (χ3v) is 3.00. The lowest BCUT2D eigenvalue weighted by Crippen LogP contribution is -2.38. The molecule has 0 fully saturated rings. The fraction of sp³-hybridized carbons (Fsp3) is 0.286. The van der Waals surface area contributed by atoms with Gasteiger partial charge in [0.25, 0.3) is 5.91 Å².